The van der Waals surface area contributed by atoms with Gasteiger partial charge in [0.1, 0.15) is 0 Å². The van der Waals surface area contributed by atoms with Crippen molar-refractivity contribution in [3.05, 3.63) is 51.2 Å². The number of benzene rings is 1. The van der Waals surface area contributed by atoms with Crippen LogP contribution in [0.5, 0.6) is 0 Å². The van der Waals surface area contributed by atoms with Gasteiger partial charge in [0.2, 0.25) is 0 Å². The van der Waals surface area contributed by atoms with Crippen molar-refractivity contribution in [3.8, 4) is 0 Å². The molecule has 0 saturated heterocycles. The van der Waals surface area contributed by atoms with E-state index in [1.165, 1.54) is 23.5 Å². The maximum atomic E-state index is 12.2. The van der Waals surface area contributed by atoms with Crippen LogP contribution >= 0.6 is 22.9 Å². The molecule has 0 saturated carbocycles. The zero-order valence-corrected chi connectivity index (χ0v) is 11.9. The number of hydrogen-bond acceptors (Lipinski definition) is 4. The largest absolute Gasteiger partial charge is 0.478 e. The van der Waals surface area contributed by atoms with Gasteiger partial charge in [0.05, 0.1) is 21.2 Å². The summed E-state index contributed by atoms with van der Waals surface area (Å²) in [7, 11) is -3.65. The topological polar surface area (TPSA) is 71.4 Å². The third-order valence-electron chi connectivity index (χ3n) is 2.43. The van der Waals surface area contributed by atoms with E-state index in [1.54, 1.807) is 17.5 Å². The van der Waals surface area contributed by atoms with Crippen LogP contribution in [-0.4, -0.2) is 19.5 Å². The maximum Gasteiger partial charge on any atom is 0.335 e. The molecule has 0 spiro atoms. The number of hydrogen-bond donors (Lipinski definition) is 1. The second kappa shape index (κ2) is 5.32. The molecule has 0 bridgehead atoms. The Hall–Kier alpha value is -1.37. The van der Waals surface area contributed by atoms with Gasteiger partial charge in [-0.3, -0.25) is 0 Å². The Kier molecular flexibility index (Phi) is 3.93. The fourth-order valence-electron chi connectivity index (χ4n) is 1.53. The van der Waals surface area contributed by atoms with Crippen LogP contribution in [0.3, 0.4) is 0 Å². The van der Waals surface area contributed by atoms with Gasteiger partial charge in [-0.15, -0.1) is 11.3 Å². The van der Waals surface area contributed by atoms with E-state index in [1.807, 2.05) is 0 Å². The summed E-state index contributed by atoms with van der Waals surface area (Å²) in [6.07, 6.45) is 0. The van der Waals surface area contributed by atoms with Crippen molar-refractivity contribution in [2.24, 2.45) is 0 Å². The maximum absolute atomic E-state index is 12.2. The normalized spacial score (nSPS) is 11.4. The molecule has 1 N–H and O–H groups in total. The van der Waals surface area contributed by atoms with Gasteiger partial charge in [-0.25, -0.2) is 13.2 Å². The predicted molar refractivity (Wildman–Crippen MR) is 73.6 cm³/mol. The number of sulfone groups is 1. The summed E-state index contributed by atoms with van der Waals surface area (Å²) >= 11 is 7.18. The molecule has 0 atom stereocenters. The smallest absolute Gasteiger partial charge is 0.335 e. The Morgan fingerprint density at radius 3 is 2.63 bits per heavy atom. The number of rotatable bonds is 4. The molecule has 2 rings (SSSR count). The summed E-state index contributed by atoms with van der Waals surface area (Å²) in [5, 5.41) is 10.7. The van der Waals surface area contributed by atoms with Crippen LogP contribution in [0.2, 0.25) is 5.02 Å². The molecule has 1 heterocycles. The first kappa shape index (κ1) is 14.0. The Morgan fingerprint density at radius 1 is 1.32 bits per heavy atom. The van der Waals surface area contributed by atoms with Crippen LogP contribution in [0.15, 0.2) is 40.6 Å². The Labute approximate surface area is 119 Å². The van der Waals surface area contributed by atoms with Gasteiger partial charge in [0.15, 0.2) is 9.84 Å². The molecule has 7 heteroatoms. The summed E-state index contributed by atoms with van der Waals surface area (Å²) in [6, 6.07) is 7.11. The highest BCUT2D eigenvalue weighted by Gasteiger charge is 2.21. The molecule has 0 radical (unpaired) electrons. The predicted octanol–water partition coefficient (Wildman–Crippen LogP) is 3.07. The van der Waals surface area contributed by atoms with E-state index in [9.17, 15) is 13.2 Å². The standard InChI is InChI=1S/C12H9ClO4S2/c13-10-4-3-8(12(14)15)6-11(10)19(16,17)7-9-2-1-5-18-9/h1-6H,7H2,(H,14,15). The van der Waals surface area contributed by atoms with Crippen LogP contribution in [0.4, 0.5) is 0 Å². The lowest BCUT2D eigenvalue weighted by atomic mass is 10.2. The second-order valence-electron chi connectivity index (χ2n) is 3.79. The molecule has 0 aliphatic carbocycles. The highest BCUT2D eigenvalue weighted by Crippen LogP contribution is 2.27. The van der Waals surface area contributed by atoms with Crippen LogP contribution in [0.25, 0.3) is 0 Å². The summed E-state index contributed by atoms with van der Waals surface area (Å²) in [5.74, 6) is -1.38. The van der Waals surface area contributed by atoms with Crippen LogP contribution in [0, 0.1) is 0 Å². The van der Waals surface area contributed by atoms with E-state index < -0.39 is 15.8 Å². The van der Waals surface area contributed by atoms with Crippen LogP contribution in [-0.2, 0) is 15.6 Å². The lowest BCUT2D eigenvalue weighted by Gasteiger charge is -2.06. The molecule has 1 aromatic heterocycles. The zero-order chi connectivity index (χ0) is 14.0. The molecular weight excluding hydrogens is 308 g/mol. The quantitative estimate of drug-likeness (QED) is 0.941. The minimum atomic E-state index is -3.65. The first-order valence-electron chi connectivity index (χ1n) is 5.18. The average molecular weight is 317 g/mol. The van der Waals surface area contributed by atoms with Gasteiger partial charge in [-0.05, 0) is 29.6 Å². The highest BCUT2D eigenvalue weighted by molar-refractivity contribution is 7.91. The van der Waals surface area contributed by atoms with E-state index in [0.29, 0.717) is 4.88 Å². The molecule has 0 unspecified atom stereocenters. The number of thiophene rings is 1. The van der Waals surface area contributed by atoms with Gasteiger partial charge in [-0.2, -0.15) is 0 Å². The fraction of sp³-hybridized carbons (Fsp3) is 0.0833. The molecule has 0 fully saturated rings. The van der Waals surface area contributed by atoms with Crippen molar-refractivity contribution in [1.82, 2.24) is 0 Å². The minimum Gasteiger partial charge on any atom is -0.478 e. The molecular formula is C12H9ClO4S2. The molecule has 19 heavy (non-hydrogen) atoms. The average Bonchev–Trinajstić information content (AvgIpc) is 2.81. The van der Waals surface area contributed by atoms with E-state index in [2.05, 4.69) is 0 Å². The van der Waals surface area contributed by atoms with Crippen LogP contribution in [0.1, 0.15) is 15.2 Å². The Morgan fingerprint density at radius 2 is 2.05 bits per heavy atom. The monoisotopic (exact) mass is 316 g/mol. The summed E-state index contributed by atoms with van der Waals surface area (Å²) in [4.78, 5) is 11.4. The lowest BCUT2D eigenvalue weighted by Crippen LogP contribution is -2.07. The van der Waals surface area contributed by atoms with Gasteiger partial charge >= 0.3 is 5.97 Å². The zero-order valence-electron chi connectivity index (χ0n) is 9.54. The minimum absolute atomic E-state index is 0.0292. The van der Waals surface area contributed by atoms with Crippen molar-refractivity contribution in [2.45, 2.75) is 10.6 Å². The summed E-state index contributed by atoms with van der Waals surface area (Å²) in [6.45, 7) is 0. The van der Waals surface area contributed by atoms with Gasteiger partial charge in [-0.1, -0.05) is 17.7 Å². The van der Waals surface area contributed by atoms with Gasteiger partial charge in [0, 0.05) is 4.88 Å². The van der Waals surface area contributed by atoms with E-state index in [4.69, 9.17) is 16.7 Å². The molecule has 2 aromatic rings. The number of carbonyl (C=O) groups is 1. The lowest BCUT2D eigenvalue weighted by molar-refractivity contribution is 0.0696. The molecule has 0 aliphatic rings. The Bertz CT molecular complexity index is 705. The van der Waals surface area contributed by atoms with E-state index in [-0.39, 0.29) is 21.2 Å². The number of carboxylic acid groups (broad SMARTS) is 1. The molecule has 1 aromatic carbocycles. The molecule has 0 aliphatic heterocycles. The third kappa shape index (κ3) is 3.15. The van der Waals surface area contributed by atoms with Crippen molar-refractivity contribution >= 4 is 38.7 Å². The van der Waals surface area contributed by atoms with Crippen molar-refractivity contribution < 1.29 is 18.3 Å². The van der Waals surface area contributed by atoms with Gasteiger partial charge in [0.25, 0.3) is 0 Å². The number of halogens is 1. The fourth-order valence-corrected chi connectivity index (χ4v) is 4.53. The molecule has 100 valence electrons. The second-order valence-corrected chi connectivity index (χ2v) is 7.19. The van der Waals surface area contributed by atoms with Crippen LogP contribution < -0.4 is 0 Å². The number of carboxylic acids is 1. The SMILES string of the molecule is O=C(O)c1ccc(Cl)c(S(=O)(=O)Cc2cccs2)c1. The first-order valence-corrected chi connectivity index (χ1v) is 8.09. The number of aromatic carboxylic acids is 1. The highest BCUT2D eigenvalue weighted by atomic mass is 35.5. The van der Waals surface area contributed by atoms with Gasteiger partial charge < -0.3 is 5.11 Å². The van der Waals surface area contributed by atoms with Crippen molar-refractivity contribution in [2.75, 3.05) is 0 Å². The third-order valence-corrected chi connectivity index (χ3v) is 5.63. The van der Waals surface area contributed by atoms with Crippen molar-refractivity contribution in [3.63, 3.8) is 0 Å². The van der Waals surface area contributed by atoms with Crippen molar-refractivity contribution in [1.29, 1.82) is 0 Å². The van der Waals surface area contributed by atoms with E-state index in [0.717, 1.165) is 6.07 Å². The Balaban J connectivity index is 2.45. The summed E-state index contributed by atoms with van der Waals surface area (Å²) in [5.41, 5.74) is -0.103. The molecule has 4 nitrogen and oxygen atoms in total. The molecule has 0 amide bonds. The first-order chi connectivity index (χ1) is 8.90. The van der Waals surface area contributed by atoms with E-state index >= 15 is 0 Å². The summed E-state index contributed by atoms with van der Waals surface area (Å²) < 4.78 is 24.4.